The van der Waals surface area contributed by atoms with E-state index in [1.807, 2.05) is 60.7 Å². The second kappa shape index (κ2) is 6.58. The van der Waals surface area contributed by atoms with E-state index in [1.54, 1.807) is 18.1 Å². The third-order valence-electron chi connectivity index (χ3n) is 3.92. The highest BCUT2D eigenvalue weighted by atomic mass is 16.2. The molecule has 4 nitrogen and oxygen atoms in total. The smallest absolute Gasteiger partial charge is 0.243 e. The molecule has 0 radical (unpaired) electrons. The predicted molar refractivity (Wildman–Crippen MR) is 93.3 cm³/mol. The molecule has 1 atom stereocenters. The maximum absolute atomic E-state index is 12.6. The van der Waals surface area contributed by atoms with E-state index < -0.39 is 6.04 Å². The molecule has 116 valence electrons. The Hall–Kier alpha value is -2.72. The lowest BCUT2D eigenvalue weighted by Gasteiger charge is -2.22. The van der Waals surface area contributed by atoms with Crippen LogP contribution in [0, 0.1) is 0 Å². The Morgan fingerprint density at radius 1 is 1.13 bits per heavy atom. The number of amides is 1. The summed E-state index contributed by atoms with van der Waals surface area (Å²) in [5, 5.41) is 1.00. The fraction of sp³-hybridized carbons (Fsp3) is 0.158. The number of carbonyl (C=O) groups is 1. The molecule has 0 fully saturated rings. The van der Waals surface area contributed by atoms with E-state index in [9.17, 15) is 4.79 Å². The minimum atomic E-state index is -0.563. The summed E-state index contributed by atoms with van der Waals surface area (Å²) < 4.78 is 0. The SMILES string of the molecule is CN(C(=O)C(N)Cc1ccccc1)c1ccc2ncccc2c1. The number of benzene rings is 2. The topological polar surface area (TPSA) is 59.2 Å². The van der Waals surface area contributed by atoms with Gasteiger partial charge < -0.3 is 10.6 Å². The number of hydrogen-bond acceptors (Lipinski definition) is 3. The van der Waals surface area contributed by atoms with Crippen molar-refractivity contribution in [3.05, 3.63) is 72.4 Å². The van der Waals surface area contributed by atoms with Crippen molar-refractivity contribution in [1.82, 2.24) is 4.98 Å². The molecule has 1 unspecified atom stereocenters. The lowest BCUT2D eigenvalue weighted by Crippen LogP contribution is -2.43. The van der Waals surface area contributed by atoms with Crippen LogP contribution in [0.4, 0.5) is 5.69 Å². The molecule has 0 bridgehead atoms. The summed E-state index contributed by atoms with van der Waals surface area (Å²) in [7, 11) is 1.75. The molecule has 0 aliphatic heterocycles. The summed E-state index contributed by atoms with van der Waals surface area (Å²) in [6.45, 7) is 0. The summed E-state index contributed by atoms with van der Waals surface area (Å²) in [4.78, 5) is 18.5. The fourth-order valence-corrected chi connectivity index (χ4v) is 2.60. The molecule has 23 heavy (non-hydrogen) atoms. The van der Waals surface area contributed by atoms with Crippen LogP contribution < -0.4 is 10.6 Å². The Morgan fingerprint density at radius 2 is 1.91 bits per heavy atom. The first-order chi connectivity index (χ1) is 11.1. The van der Waals surface area contributed by atoms with Crippen molar-refractivity contribution in [3.8, 4) is 0 Å². The Labute approximate surface area is 135 Å². The van der Waals surface area contributed by atoms with Gasteiger partial charge in [-0.05, 0) is 36.2 Å². The number of likely N-dealkylation sites (N-methyl/N-ethyl adjacent to an activating group) is 1. The molecule has 3 aromatic rings. The standard InChI is InChI=1S/C19H19N3O/c1-22(16-9-10-18-15(13-16)8-5-11-21-18)19(23)17(20)12-14-6-3-2-4-7-14/h2-11,13,17H,12,20H2,1H3. The number of hydrogen-bond donors (Lipinski definition) is 1. The number of pyridine rings is 1. The highest BCUT2D eigenvalue weighted by molar-refractivity contribution is 5.98. The summed E-state index contributed by atoms with van der Waals surface area (Å²) in [6, 6.07) is 18.9. The highest BCUT2D eigenvalue weighted by Crippen LogP contribution is 2.20. The van der Waals surface area contributed by atoms with Crippen LogP contribution in [0.3, 0.4) is 0 Å². The number of carbonyl (C=O) groups excluding carboxylic acids is 1. The third kappa shape index (κ3) is 3.38. The van der Waals surface area contributed by atoms with Crippen molar-refractivity contribution >= 4 is 22.5 Å². The molecule has 1 heterocycles. The first-order valence-electron chi connectivity index (χ1n) is 7.57. The van der Waals surface area contributed by atoms with Crippen LogP contribution in [-0.2, 0) is 11.2 Å². The van der Waals surface area contributed by atoms with Crippen molar-refractivity contribution in [2.24, 2.45) is 5.73 Å². The van der Waals surface area contributed by atoms with Crippen molar-refractivity contribution in [2.75, 3.05) is 11.9 Å². The predicted octanol–water partition coefficient (Wildman–Crippen LogP) is 2.77. The van der Waals surface area contributed by atoms with Crippen molar-refractivity contribution in [2.45, 2.75) is 12.5 Å². The van der Waals surface area contributed by atoms with E-state index >= 15 is 0 Å². The number of anilines is 1. The molecule has 0 saturated heterocycles. The van der Waals surface area contributed by atoms with Gasteiger partial charge in [0.25, 0.3) is 0 Å². The van der Waals surface area contributed by atoms with Crippen LogP contribution in [0.5, 0.6) is 0 Å². The monoisotopic (exact) mass is 305 g/mol. The quantitative estimate of drug-likeness (QED) is 0.806. The number of nitrogens with zero attached hydrogens (tertiary/aromatic N) is 2. The molecular weight excluding hydrogens is 286 g/mol. The molecular formula is C19H19N3O. The molecule has 4 heteroatoms. The first-order valence-corrected chi connectivity index (χ1v) is 7.57. The van der Waals surface area contributed by atoms with E-state index in [4.69, 9.17) is 5.73 Å². The zero-order chi connectivity index (χ0) is 16.2. The lowest BCUT2D eigenvalue weighted by molar-refractivity contribution is -0.119. The zero-order valence-corrected chi connectivity index (χ0v) is 13.0. The molecule has 0 aliphatic carbocycles. The van der Waals surface area contributed by atoms with E-state index in [-0.39, 0.29) is 5.91 Å². The molecule has 0 spiro atoms. The molecule has 0 aliphatic rings. The van der Waals surface area contributed by atoms with Gasteiger partial charge in [0, 0.05) is 24.3 Å². The largest absolute Gasteiger partial charge is 0.320 e. The minimum absolute atomic E-state index is 0.0999. The van der Waals surface area contributed by atoms with E-state index in [0.29, 0.717) is 6.42 Å². The Bertz CT molecular complexity index is 817. The second-order valence-electron chi connectivity index (χ2n) is 5.57. The Kier molecular flexibility index (Phi) is 4.35. The Balaban J connectivity index is 1.77. The summed E-state index contributed by atoms with van der Waals surface area (Å²) in [6.07, 6.45) is 2.28. The summed E-state index contributed by atoms with van der Waals surface area (Å²) in [5.41, 5.74) is 8.88. The second-order valence-corrected chi connectivity index (χ2v) is 5.57. The number of nitrogens with two attached hydrogens (primary N) is 1. The van der Waals surface area contributed by atoms with Gasteiger partial charge in [-0.3, -0.25) is 9.78 Å². The lowest BCUT2D eigenvalue weighted by atomic mass is 10.1. The highest BCUT2D eigenvalue weighted by Gasteiger charge is 2.19. The van der Waals surface area contributed by atoms with Crippen LogP contribution >= 0.6 is 0 Å². The Morgan fingerprint density at radius 3 is 2.70 bits per heavy atom. The average molecular weight is 305 g/mol. The molecule has 1 aromatic heterocycles. The van der Waals surface area contributed by atoms with Gasteiger partial charge in [0.2, 0.25) is 5.91 Å². The molecule has 1 amide bonds. The van der Waals surface area contributed by atoms with E-state index in [0.717, 1.165) is 22.2 Å². The fourth-order valence-electron chi connectivity index (χ4n) is 2.60. The summed E-state index contributed by atoms with van der Waals surface area (Å²) >= 11 is 0. The van der Waals surface area contributed by atoms with Crippen LogP contribution in [0.15, 0.2) is 66.9 Å². The summed E-state index contributed by atoms with van der Waals surface area (Å²) in [5.74, 6) is -0.0999. The van der Waals surface area contributed by atoms with Crippen LogP contribution in [0.25, 0.3) is 10.9 Å². The molecule has 3 rings (SSSR count). The van der Waals surface area contributed by atoms with Gasteiger partial charge in [0.05, 0.1) is 11.6 Å². The van der Waals surface area contributed by atoms with Gasteiger partial charge in [0.1, 0.15) is 0 Å². The minimum Gasteiger partial charge on any atom is -0.320 e. The van der Waals surface area contributed by atoms with Crippen molar-refractivity contribution < 1.29 is 4.79 Å². The number of fused-ring (bicyclic) bond motifs is 1. The van der Waals surface area contributed by atoms with Gasteiger partial charge in [-0.1, -0.05) is 36.4 Å². The van der Waals surface area contributed by atoms with Crippen LogP contribution in [0.2, 0.25) is 0 Å². The van der Waals surface area contributed by atoms with Gasteiger partial charge in [-0.2, -0.15) is 0 Å². The van der Waals surface area contributed by atoms with E-state index in [1.165, 1.54) is 0 Å². The average Bonchev–Trinajstić information content (AvgIpc) is 2.61. The van der Waals surface area contributed by atoms with Crippen molar-refractivity contribution in [1.29, 1.82) is 0 Å². The van der Waals surface area contributed by atoms with Crippen LogP contribution in [-0.4, -0.2) is 24.0 Å². The maximum Gasteiger partial charge on any atom is 0.243 e. The van der Waals surface area contributed by atoms with Gasteiger partial charge in [0.15, 0.2) is 0 Å². The number of rotatable bonds is 4. The van der Waals surface area contributed by atoms with Gasteiger partial charge in [-0.15, -0.1) is 0 Å². The normalized spacial score (nSPS) is 12.1. The van der Waals surface area contributed by atoms with Crippen LogP contribution in [0.1, 0.15) is 5.56 Å². The number of aromatic nitrogens is 1. The molecule has 0 saturated carbocycles. The third-order valence-corrected chi connectivity index (χ3v) is 3.92. The van der Waals surface area contributed by atoms with E-state index in [2.05, 4.69) is 4.98 Å². The van der Waals surface area contributed by atoms with Gasteiger partial charge >= 0.3 is 0 Å². The first kappa shape index (κ1) is 15.2. The molecule has 2 N–H and O–H groups in total. The van der Waals surface area contributed by atoms with Gasteiger partial charge in [-0.25, -0.2) is 0 Å². The zero-order valence-electron chi connectivity index (χ0n) is 13.0. The molecule has 2 aromatic carbocycles. The maximum atomic E-state index is 12.6. The van der Waals surface area contributed by atoms with Crippen molar-refractivity contribution in [3.63, 3.8) is 0 Å².